The predicted molar refractivity (Wildman–Crippen MR) is 159 cm³/mol. The maximum atomic E-state index is 12.9. The standard InChI is InChI=1S/C26H20Cl3N3O4S.C2HF3O2/c1-16(17-5-3-2-4-6-17)31-25(33)18-7-9-20(10-8-18)36-26-24(13-19(27)15-30-26)32-37(34,35)21-11-12-22(28)23(29)14-21;3-2(4,5)1(6)7/h2-16,32H,1H3,(H,31,33);(H,6,7)/t16-;/m1./s1. The molecule has 0 unspecified atom stereocenters. The molecular weight excluding hydrogens is 670 g/mol. The van der Waals surface area contributed by atoms with E-state index in [4.69, 9.17) is 49.4 Å². The smallest absolute Gasteiger partial charge is 0.475 e. The van der Waals surface area contributed by atoms with Crippen LogP contribution in [0.5, 0.6) is 11.6 Å². The van der Waals surface area contributed by atoms with Crippen LogP contribution in [-0.4, -0.2) is 36.6 Å². The molecule has 0 bridgehead atoms. The molecule has 4 aromatic rings. The Balaban J connectivity index is 0.000000676. The fraction of sp³-hybridized carbons (Fsp3) is 0.107. The van der Waals surface area contributed by atoms with Crippen molar-refractivity contribution in [1.29, 1.82) is 0 Å². The quantitative estimate of drug-likeness (QED) is 0.172. The van der Waals surface area contributed by atoms with Crippen molar-refractivity contribution in [3.63, 3.8) is 0 Å². The number of hydrogen-bond acceptors (Lipinski definition) is 6. The van der Waals surface area contributed by atoms with Gasteiger partial charge in [-0.3, -0.25) is 9.52 Å². The van der Waals surface area contributed by atoms with Gasteiger partial charge in [-0.2, -0.15) is 13.2 Å². The van der Waals surface area contributed by atoms with Gasteiger partial charge in [0.1, 0.15) is 11.4 Å². The van der Waals surface area contributed by atoms with E-state index in [2.05, 4.69) is 15.0 Å². The second-order valence-electron chi connectivity index (χ2n) is 8.72. The number of benzene rings is 3. The minimum Gasteiger partial charge on any atom is -0.475 e. The number of ether oxygens (including phenoxy) is 1. The summed E-state index contributed by atoms with van der Waals surface area (Å²) >= 11 is 17.9. The first-order valence-corrected chi connectivity index (χ1v) is 14.8. The average molecular weight is 691 g/mol. The number of aliphatic carboxylic acids is 1. The van der Waals surface area contributed by atoms with Gasteiger partial charge in [0.2, 0.25) is 5.88 Å². The fourth-order valence-electron chi connectivity index (χ4n) is 3.32. The van der Waals surface area contributed by atoms with Crippen LogP contribution in [-0.2, 0) is 14.8 Å². The van der Waals surface area contributed by atoms with Gasteiger partial charge in [-0.15, -0.1) is 0 Å². The number of carboxylic acid groups (broad SMARTS) is 1. The average Bonchev–Trinajstić information content (AvgIpc) is 2.96. The number of alkyl halides is 3. The molecule has 0 saturated heterocycles. The van der Waals surface area contributed by atoms with Crippen LogP contribution < -0.4 is 14.8 Å². The molecule has 16 heteroatoms. The zero-order chi connectivity index (χ0) is 32.7. The molecule has 9 nitrogen and oxygen atoms in total. The third-order valence-electron chi connectivity index (χ3n) is 5.48. The third kappa shape index (κ3) is 9.74. The summed E-state index contributed by atoms with van der Waals surface area (Å²) < 4.78 is 65.8. The van der Waals surface area contributed by atoms with Gasteiger partial charge in [0, 0.05) is 11.8 Å². The monoisotopic (exact) mass is 689 g/mol. The number of aromatic nitrogens is 1. The number of rotatable bonds is 8. The first-order chi connectivity index (χ1) is 20.6. The Bertz CT molecular complexity index is 1740. The van der Waals surface area contributed by atoms with Crippen LogP contribution in [0.3, 0.4) is 0 Å². The number of nitrogens with zero attached hydrogens (tertiary/aromatic N) is 1. The Morgan fingerprint density at radius 1 is 0.932 bits per heavy atom. The van der Waals surface area contributed by atoms with Gasteiger partial charge in [-0.1, -0.05) is 65.1 Å². The summed E-state index contributed by atoms with van der Waals surface area (Å²) in [6, 6.07) is 21.1. The second kappa shape index (κ2) is 14.6. The highest BCUT2D eigenvalue weighted by molar-refractivity contribution is 7.92. The summed E-state index contributed by atoms with van der Waals surface area (Å²) in [7, 11) is -4.06. The number of nitrogens with one attached hydrogen (secondary N) is 2. The van der Waals surface area contributed by atoms with Crippen molar-refractivity contribution in [2.45, 2.75) is 24.0 Å². The molecule has 232 valence electrons. The topological polar surface area (TPSA) is 135 Å². The van der Waals surface area contributed by atoms with Crippen LogP contribution in [0, 0.1) is 0 Å². The van der Waals surface area contributed by atoms with Gasteiger partial charge < -0.3 is 15.2 Å². The van der Waals surface area contributed by atoms with Crippen molar-refractivity contribution >= 4 is 62.4 Å². The summed E-state index contributed by atoms with van der Waals surface area (Å²) in [6.45, 7) is 1.90. The number of hydrogen-bond donors (Lipinski definition) is 3. The molecule has 3 N–H and O–H groups in total. The number of pyridine rings is 1. The normalized spacial score (nSPS) is 11.9. The third-order valence-corrected chi connectivity index (χ3v) is 7.79. The molecule has 0 aliphatic heterocycles. The fourth-order valence-corrected chi connectivity index (χ4v) is 4.91. The van der Waals surface area contributed by atoms with E-state index in [1.807, 2.05) is 37.3 Å². The van der Waals surface area contributed by atoms with E-state index in [1.165, 1.54) is 30.5 Å². The lowest BCUT2D eigenvalue weighted by atomic mass is 10.1. The molecular formula is C28H21Cl3F3N3O6S. The first kappa shape index (κ1) is 34.5. The number of carbonyl (C=O) groups is 2. The number of sulfonamides is 1. The molecule has 1 atom stereocenters. The van der Waals surface area contributed by atoms with E-state index in [0.717, 1.165) is 5.56 Å². The lowest BCUT2D eigenvalue weighted by molar-refractivity contribution is -0.192. The van der Waals surface area contributed by atoms with Gasteiger partial charge in [0.05, 0.1) is 26.0 Å². The molecule has 0 fully saturated rings. The van der Waals surface area contributed by atoms with Crippen molar-refractivity contribution in [1.82, 2.24) is 10.3 Å². The lowest BCUT2D eigenvalue weighted by Crippen LogP contribution is -2.26. The highest BCUT2D eigenvalue weighted by Crippen LogP contribution is 2.32. The number of carbonyl (C=O) groups excluding carboxylic acids is 1. The maximum absolute atomic E-state index is 12.9. The lowest BCUT2D eigenvalue weighted by Gasteiger charge is -2.15. The molecule has 1 aromatic heterocycles. The van der Waals surface area contributed by atoms with Crippen LogP contribution >= 0.6 is 34.8 Å². The van der Waals surface area contributed by atoms with Crippen molar-refractivity contribution in [2.75, 3.05) is 4.72 Å². The molecule has 0 aliphatic carbocycles. The van der Waals surface area contributed by atoms with E-state index < -0.39 is 22.2 Å². The molecule has 44 heavy (non-hydrogen) atoms. The summed E-state index contributed by atoms with van der Waals surface area (Å²) in [5.41, 5.74) is 1.43. The summed E-state index contributed by atoms with van der Waals surface area (Å²) in [6.07, 6.45) is -3.76. The maximum Gasteiger partial charge on any atom is 0.490 e. The molecule has 0 radical (unpaired) electrons. The molecule has 0 aliphatic rings. The Kier molecular flexibility index (Phi) is 11.4. The van der Waals surface area contributed by atoms with Gasteiger partial charge >= 0.3 is 12.1 Å². The highest BCUT2D eigenvalue weighted by atomic mass is 35.5. The minimum atomic E-state index is -5.08. The second-order valence-corrected chi connectivity index (χ2v) is 11.7. The zero-order valence-corrected chi connectivity index (χ0v) is 25.4. The van der Waals surface area contributed by atoms with Crippen molar-refractivity contribution in [3.05, 3.63) is 111 Å². The van der Waals surface area contributed by atoms with Crippen molar-refractivity contribution in [2.24, 2.45) is 0 Å². The van der Waals surface area contributed by atoms with Crippen LogP contribution in [0.4, 0.5) is 18.9 Å². The van der Waals surface area contributed by atoms with Gasteiger partial charge in [-0.05, 0) is 61.0 Å². The van der Waals surface area contributed by atoms with E-state index >= 15 is 0 Å². The van der Waals surface area contributed by atoms with E-state index in [1.54, 1.807) is 24.3 Å². The SMILES string of the molecule is C[C@@H](NC(=O)c1ccc(Oc2ncc(Cl)cc2NS(=O)(=O)c2ccc(Cl)c(Cl)c2)cc1)c1ccccc1.O=C(O)C(F)(F)F. The van der Waals surface area contributed by atoms with Gasteiger partial charge in [0.25, 0.3) is 15.9 Å². The Morgan fingerprint density at radius 3 is 2.11 bits per heavy atom. The first-order valence-electron chi connectivity index (χ1n) is 12.1. The summed E-state index contributed by atoms with van der Waals surface area (Å²) in [5.74, 6) is -2.71. The molecule has 1 amide bonds. The number of amides is 1. The van der Waals surface area contributed by atoms with Crippen molar-refractivity contribution < 1.29 is 41.0 Å². The van der Waals surface area contributed by atoms with Crippen LogP contribution in [0.2, 0.25) is 15.1 Å². The Morgan fingerprint density at radius 2 is 1.55 bits per heavy atom. The van der Waals surface area contributed by atoms with E-state index in [0.29, 0.717) is 11.3 Å². The van der Waals surface area contributed by atoms with E-state index in [9.17, 15) is 26.4 Å². The molecule has 3 aromatic carbocycles. The number of anilines is 1. The van der Waals surface area contributed by atoms with Crippen molar-refractivity contribution in [3.8, 4) is 11.6 Å². The molecule has 0 saturated carbocycles. The summed E-state index contributed by atoms with van der Waals surface area (Å²) in [4.78, 5) is 25.6. The molecule has 0 spiro atoms. The number of carboxylic acids is 1. The molecule has 4 rings (SSSR count). The van der Waals surface area contributed by atoms with Gasteiger partial charge in [-0.25, -0.2) is 18.2 Å². The van der Waals surface area contributed by atoms with Gasteiger partial charge in [0.15, 0.2) is 0 Å². The summed E-state index contributed by atoms with van der Waals surface area (Å²) in [5, 5.41) is 10.6. The van der Waals surface area contributed by atoms with Crippen LogP contribution in [0.1, 0.15) is 28.9 Å². The van der Waals surface area contributed by atoms with E-state index in [-0.39, 0.29) is 43.5 Å². The molecule has 1 heterocycles. The minimum absolute atomic E-state index is 0.0112. The van der Waals surface area contributed by atoms with Crippen LogP contribution in [0.25, 0.3) is 0 Å². The zero-order valence-electron chi connectivity index (χ0n) is 22.3. The largest absolute Gasteiger partial charge is 0.490 e. The number of halogens is 6. The highest BCUT2D eigenvalue weighted by Gasteiger charge is 2.38. The Labute approximate surface area is 264 Å². The van der Waals surface area contributed by atoms with Crippen LogP contribution in [0.15, 0.2) is 90.0 Å². The predicted octanol–water partition coefficient (Wildman–Crippen LogP) is 7.76. The Hall–Kier alpha value is -4.04.